The molecule has 150 valence electrons. The summed E-state index contributed by atoms with van der Waals surface area (Å²) in [6.45, 7) is 0. The lowest BCUT2D eigenvalue weighted by Gasteiger charge is -2.08. The zero-order chi connectivity index (χ0) is 21.4. The van der Waals surface area contributed by atoms with Crippen molar-refractivity contribution in [1.82, 2.24) is 0 Å². The van der Waals surface area contributed by atoms with Crippen LogP contribution in [0.4, 0.5) is 0 Å². The molecule has 0 N–H and O–H groups in total. The molecule has 0 saturated carbocycles. The molecule has 0 radical (unpaired) electrons. The first-order chi connectivity index (χ1) is 14.3. The Morgan fingerprint density at radius 2 is 1.43 bits per heavy atom. The highest BCUT2D eigenvalue weighted by Gasteiger charge is 2.41. The number of carbonyl (C=O) groups excluding carboxylic acids is 2. The van der Waals surface area contributed by atoms with E-state index in [2.05, 4.69) is 0 Å². The summed E-state index contributed by atoms with van der Waals surface area (Å²) in [6.07, 6.45) is 1.55. The normalized spacial score (nSPS) is 17.5. The summed E-state index contributed by atoms with van der Waals surface area (Å²) in [4.78, 5) is 25.4. The Morgan fingerprint density at radius 1 is 0.767 bits per heavy atom. The Balaban J connectivity index is 1.72. The van der Waals surface area contributed by atoms with Crippen molar-refractivity contribution in [2.24, 2.45) is 0 Å². The van der Waals surface area contributed by atoms with Gasteiger partial charge in [-0.05, 0) is 52.6 Å². The first kappa shape index (κ1) is 21.0. The van der Waals surface area contributed by atoms with Gasteiger partial charge >= 0.3 is 5.97 Å². The fourth-order valence-electron chi connectivity index (χ4n) is 3.24. The lowest BCUT2D eigenvalue weighted by Crippen LogP contribution is -2.12. The molecule has 1 atom stereocenters. The molecular formula is C23H12Cl4O3. The van der Waals surface area contributed by atoms with Gasteiger partial charge in [-0.3, -0.25) is 9.59 Å². The highest BCUT2D eigenvalue weighted by atomic mass is 35.5. The van der Waals surface area contributed by atoms with Crippen LogP contribution >= 0.6 is 46.4 Å². The van der Waals surface area contributed by atoms with E-state index in [1.54, 1.807) is 30.3 Å². The van der Waals surface area contributed by atoms with Crippen LogP contribution in [0.3, 0.4) is 0 Å². The standard InChI is InChI=1S/C23H12Cl4O3/c24-16-7-5-13(9-18(16)26)15-4-2-1-3-12(15)11-20-22(28)21(23(29)30-20)14-6-8-17(25)19(27)10-14/h1-11,21H. The number of esters is 1. The van der Waals surface area contributed by atoms with Crippen LogP contribution in [0.25, 0.3) is 17.2 Å². The van der Waals surface area contributed by atoms with Crippen LogP contribution in [0.15, 0.2) is 66.4 Å². The van der Waals surface area contributed by atoms with Gasteiger partial charge in [-0.15, -0.1) is 0 Å². The van der Waals surface area contributed by atoms with Crippen LogP contribution in [-0.4, -0.2) is 11.8 Å². The second-order valence-corrected chi connectivity index (χ2v) is 8.25. The van der Waals surface area contributed by atoms with Crippen molar-refractivity contribution in [2.45, 2.75) is 5.92 Å². The number of halogens is 4. The number of rotatable bonds is 3. The van der Waals surface area contributed by atoms with Crippen molar-refractivity contribution in [2.75, 3.05) is 0 Å². The summed E-state index contributed by atoms with van der Waals surface area (Å²) < 4.78 is 5.30. The van der Waals surface area contributed by atoms with Crippen molar-refractivity contribution < 1.29 is 14.3 Å². The number of cyclic esters (lactones) is 1. The minimum atomic E-state index is -1.08. The number of Topliss-reactive ketones (excluding diaryl/α,β-unsaturated/α-hetero) is 1. The second-order valence-electron chi connectivity index (χ2n) is 6.62. The smallest absolute Gasteiger partial charge is 0.327 e. The lowest BCUT2D eigenvalue weighted by molar-refractivity contribution is -0.136. The predicted molar refractivity (Wildman–Crippen MR) is 120 cm³/mol. The third-order valence-electron chi connectivity index (χ3n) is 4.71. The van der Waals surface area contributed by atoms with Gasteiger partial charge in [0.25, 0.3) is 0 Å². The Hall–Kier alpha value is -2.30. The van der Waals surface area contributed by atoms with Crippen LogP contribution in [0.1, 0.15) is 17.0 Å². The number of carbonyl (C=O) groups is 2. The highest BCUT2D eigenvalue weighted by molar-refractivity contribution is 6.42. The maximum atomic E-state index is 12.9. The molecule has 7 heteroatoms. The molecule has 0 spiro atoms. The van der Waals surface area contributed by atoms with E-state index < -0.39 is 17.7 Å². The third-order valence-corrected chi connectivity index (χ3v) is 6.18. The van der Waals surface area contributed by atoms with Crippen LogP contribution in [-0.2, 0) is 14.3 Å². The first-order valence-electron chi connectivity index (χ1n) is 8.82. The molecule has 3 aromatic rings. The monoisotopic (exact) mass is 476 g/mol. The van der Waals surface area contributed by atoms with E-state index in [0.29, 0.717) is 26.2 Å². The number of benzene rings is 3. The van der Waals surface area contributed by atoms with Crippen LogP contribution in [0.5, 0.6) is 0 Å². The Bertz CT molecular complexity index is 1220. The van der Waals surface area contributed by atoms with Gasteiger partial charge in [-0.1, -0.05) is 82.8 Å². The third kappa shape index (κ3) is 3.99. The molecule has 4 rings (SSSR count). The Labute approximate surface area is 192 Å². The van der Waals surface area contributed by atoms with Gasteiger partial charge in [-0.25, -0.2) is 0 Å². The summed E-state index contributed by atoms with van der Waals surface area (Å²) in [5.41, 5.74) is 2.75. The molecule has 0 bridgehead atoms. The van der Waals surface area contributed by atoms with E-state index in [-0.39, 0.29) is 10.8 Å². The Morgan fingerprint density at radius 3 is 2.13 bits per heavy atom. The lowest BCUT2D eigenvalue weighted by atomic mass is 9.94. The fourth-order valence-corrected chi connectivity index (χ4v) is 3.84. The fraction of sp³-hybridized carbons (Fsp3) is 0.0435. The van der Waals surface area contributed by atoms with Gasteiger partial charge in [0.1, 0.15) is 5.92 Å². The second kappa shape index (κ2) is 8.44. The summed E-state index contributed by atoms with van der Waals surface area (Å²) in [6, 6.07) is 17.3. The van der Waals surface area contributed by atoms with E-state index in [1.807, 2.05) is 30.3 Å². The van der Waals surface area contributed by atoms with E-state index in [4.69, 9.17) is 51.1 Å². The molecule has 1 aliphatic heterocycles. The van der Waals surface area contributed by atoms with Crippen LogP contribution < -0.4 is 0 Å². The van der Waals surface area contributed by atoms with Crippen molar-refractivity contribution in [3.05, 3.63) is 97.6 Å². The number of hydrogen-bond acceptors (Lipinski definition) is 3. The topological polar surface area (TPSA) is 43.4 Å². The molecule has 0 aromatic heterocycles. The number of ketones is 1. The minimum Gasteiger partial charge on any atom is -0.422 e. The maximum absolute atomic E-state index is 12.9. The van der Waals surface area contributed by atoms with Gasteiger partial charge in [0.05, 0.1) is 20.1 Å². The quantitative estimate of drug-likeness (QED) is 0.227. The predicted octanol–water partition coefficient (Wildman–Crippen LogP) is 7.22. The number of allylic oxidation sites excluding steroid dienone is 1. The van der Waals surface area contributed by atoms with Gasteiger partial charge in [-0.2, -0.15) is 0 Å². The molecule has 3 nitrogen and oxygen atoms in total. The molecule has 1 heterocycles. The summed E-state index contributed by atoms with van der Waals surface area (Å²) in [5.74, 6) is -2.22. The minimum absolute atomic E-state index is 0.0383. The zero-order valence-corrected chi connectivity index (χ0v) is 18.2. The molecule has 1 fully saturated rings. The molecule has 0 aliphatic carbocycles. The first-order valence-corrected chi connectivity index (χ1v) is 10.3. The van der Waals surface area contributed by atoms with Crippen LogP contribution in [0, 0.1) is 0 Å². The van der Waals surface area contributed by atoms with Crippen molar-refractivity contribution >= 4 is 64.2 Å². The zero-order valence-electron chi connectivity index (χ0n) is 15.2. The molecular weight excluding hydrogens is 466 g/mol. The highest BCUT2D eigenvalue weighted by Crippen LogP contribution is 2.36. The summed E-state index contributed by atoms with van der Waals surface area (Å²) in [5, 5.41) is 1.46. The molecule has 1 aliphatic rings. The van der Waals surface area contributed by atoms with Gasteiger partial charge < -0.3 is 4.74 Å². The van der Waals surface area contributed by atoms with Gasteiger partial charge in [0.15, 0.2) is 5.76 Å². The largest absolute Gasteiger partial charge is 0.422 e. The average Bonchev–Trinajstić information content (AvgIpc) is 3.00. The number of ether oxygens (including phenoxy) is 1. The summed E-state index contributed by atoms with van der Waals surface area (Å²) >= 11 is 24.1. The Kier molecular flexibility index (Phi) is 5.90. The van der Waals surface area contributed by atoms with E-state index in [1.165, 1.54) is 6.07 Å². The van der Waals surface area contributed by atoms with Gasteiger partial charge in [0.2, 0.25) is 5.78 Å². The molecule has 30 heavy (non-hydrogen) atoms. The SMILES string of the molecule is O=C1OC(=Cc2ccccc2-c2ccc(Cl)c(Cl)c2)C(=O)C1c1ccc(Cl)c(Cl)c1. The van der Waals surface area contributed by atoms with Crippen molar-refractivity contribution in [3.8, 4) is 11.1 Å². The van der Waals surface area contributed by atoms with Crippen LogP contribution in [0.2, 0.25) is 20.1 Å². The van der Waals surface area contributed by atoms with E-state index in [9.17, 15) is 9.59 Å². The van der Waals surface area contributed by atoms with Crippen molar-refractivity contribution in [3.63, 3.8) is 0 Å². The molecule has 0 amide bonds. The maximum Gasteiger partial charge on any atom is 0.327 e. The molecule has 3 aromatic carbocycles. The van der Waals surface area contributed by atoms with E-state index in [0.717, 1.165) is 11.1 Å². The van der Waals surface area contributed by atoms with Gasteiger partial charge in [0, 0.05) is 0 Å². The average molecular weight is 478 g/mol. The van der Waals surface area contributed by atoms with E-state index >= 15 is 0 Å². The summed E-state index contributed by atoms with van der Waals surface area (Å²) in [7, 11) is 0. The molecule has 1 saturated heterocycles. The number of hydrogen-bond donors (Lipinski definition) is 0. The van der Waals surface area contributed by atoms with Crippen molar-refractivity contribution in [1.29, 1.82) is 0 Å². The molecule has 1 unspecified atom stereocenters.